The second-order valence-corrected chi connectivity index (χ2v) is 9.29. The fourth-order valence-electron chi connectivity index (χ4n) is 2.95. The van der Waals surface area contributed by atoms with Gasteiger partial charge >= 0.3 is 18.1 Å². The molecule has 2 N–H and O–H groups in total. The molecule has 0 amide bonds. The summed E-state index contributed by atoms with van der Waals surface area (Å²) >= 11 is 1.80. The molecule has 1 fully saturated rings. The first-order valence-corrected chi connectivity index (χ1v) is 10.3. The molecule has 172 valence electrons. The first-order valence-electron chi connectivity index (χ1n) is 9.53. The molecule has 0 unspecified atom stereocenters. The molecule has 0 saturated carbocycles. The number of nitrogens with zero attached hydrogens (tertiary/aromatic N) is 4. The number of carboxylic acid groups (broad SMARTS) is 2. The van der Waals surface area contributed by atoms with Gasteiger partial charge < -0.3 is 10.2 Å². The molecule has 31 heavy (non-hydrogen) atoms. The summed E-state index contributed by atoms with van der Waals surface area (Å²) in [4.78, 5) is 28.1. The lowest BCUT2D eigenvalue weighted by atomic mass is 9.98. The largest absolute Gasteiger partial charge is 0.490 e. The van der Waals surface area contributed by atoms with E-state index < -0.39 is 18.1 Å². The van der Waals surface area contributed by atoms with Gasteiger partial charge in [0.05, 0.1) is 11.0 Å². The second kappa shape index (κ2) is 9.77. The van der Waals surface area contributed by atoms with Crippen LogP contribution >= 0.6 is 11.3 Å². The third kappa shape index (κ3) is 7.31. The van der Waals surface area contributed by atoms with Crippen molar-refractivity contribution in [3.63, 3.8) is 0 Å². The van der Waals surface area contributed by atoms with E-state index in [4.69, 9.17) is 15.0 Å². The van der Waals surface area contributed by atoms with Gasteiger partial charge in [0.1, 0.15) is 0 Å². The van der Waals surface area contributed by atoms with Crippen LogP contribution in [0.25, 0.3) is 0 Å². The van der Waals surface area contributed by atoms with E-state index in [1.165, 1.54) is 9.88 Å². The Bertz CT molecular complexity index is 897. The van der Waals surface area contributed by atoms with Gasteiger partial charge in [0.2, 0.25) is 0 Å². The smallest absolute Gasteiger partial charge is 0.476 e. The van der Waals surface area contributed by atoms with Crippen LogP contribution in [0.5, 0.6) is 0 Å². The van der Waals surface area contributed by atoms with Gasteiger partial charge in [-0.3, -0.25) is 9.58 Å². The van der Waals surface area contributed by atoms with E-state index in [0.717, 1.165) is 32.5 Å². The summed E-state index contributed by atoms with van der Waals surface area (Å²) in [6.07, 6.45) is 0.684. The number of aromatic carboxylic acids is 1. The minimum Gasteiger partial charge on any atom is -0.476 e. The summed E-state index contributed by atoms with van der Waals surface area (Å²) in [5.41, 5.74) is 0.231. The van der Waals surface area contributed by atoms with Gasteiger partial charge in [0.25, 0.3) is 0 Å². The summed E-state index contributed by atoms with van der Waals surface area (Å²) in [6, 6.07) is 1.86. The standard InChI is InChI=1S/C17H24N4O2S.C2HF3O2/c1-17(2,3)16-18-10-13(24-16)11-20-7-4-12(5-8-20)21-9-6-14(19-21)15(22)23;3-2(4,5)1(6)7/h6,9-10,12H,4-5,7-8,11H2,1-3H3,(H,22,23);(H,6,7). The number of thiazole rings is 1. The van der Waals surface area contributed by atoms with E-state index in [1.807, 2.05) is 10.9 Å². The molecule has 0 aliphatic carbocycles. The lowest BCUT2D eigenvalue weighted by Crippen LogP contribution is -2.34. The van der Waals surface area contributed by atoms with Crippen molar-refractivity contribution in [2.45, 2.75) is 57.8 Å². The highest BCUT2D eigenvalue weighted by molar-refractivity contribution is 7.11. The summed E-state index contributed by atoms with van der Waals surface area (Å²) in [6.45, 7) is 9.51. The van der Waals surface area contributed by atoms with Gasteiger partial charge in [-0.2, -0.15) is 18.3 Å². The van der Waals surface area contributed by atoms with Crippen molar-refractivity contribution in [2.75, 3.05) is 13.1 Å². The molecule has 12 heteroatoms. The van der Waals surface area contributed by atoms with Crippen molar-refractivity contribution in [1.29, 1.82) is 0 Å². The molecule has 0 atom stereocenters. The maximum absolute atomic E-state index is 10.9. The third-order valence-electron chi connectivity index (χ3n) is 4.58. The highest BCUT2D eigenvalue weighted by atomic mass is 32.1. The van der Waals surface area contributed by atoms with Gasteiger partial charge in [-0.05, 0) is 18.9 Å². The Morgan fingerprint density at radius 1 is 1.19 bits per heavy atom. The maximum atomic E-state index is 10.9. The van der Waals surface area contributed by atoms with Crippen molar-refractivity contribution in [2.24, 2.45) is 0 Å². The summed E-state index contributed by atoms with van der Waals surface area (Å²) in [7, 11) is 0. The van der Waals surface area contributed by atoms with E-state index in [0.29, 0.717) is 6.04 Å². The third-order valence-corrected chi connectivity index (χ3v) is 5.98. The molecule has 2 aromatic heterocycles. The Morgan fingerprint density at radius 2 is 1.77 bits per heavy atom. The van der Waals surface area contributed by atoms with Crippen LogP contribution in [0.4, 0.5) is 13.2 Å². The number of aromatic nitrogens is 3. The molecule has 0 radical (unpaired) electrons. The van der Waals surface area contributed by atoms with Gasteiger partial charge in [-0.25, -0.2) is 14.6 Å². The molecule has 1 saturated heterocycles. The predicted octanol–water partition coefficient (Wildman–Crippen LogP) is 3.81. The fraction of sp³-hybridized carbons (Fsp3) is 0.579. The van der Waals surface area contributed by atoms with Crippen LogP contribution in [0.15, 0.2) is 18.5 Å². The molecule has 0 bridgehead atoms. The van der Waals surface area contributed by atoms with E-state index in [2.05, 4.69) is 35.8 Å². The Hall–Kier alpha value is -2.47. The number of carbonyl (C=O) groups is 2. The van der Waals surface area contributed by atoms with Gasteiger partial charge in [0.15, 0.2) is 5.69 Å². The van der Waals surface area contributed by atoms with Crippen molar-refractivity contribution >= 4 is 23.3 Å². The van der Waals surface area contributed by atoms with E-state index >= 15 is 0 Å². The lowest BCUT2D eigenvalue weighted by Gasteiger charge is -2.31. The minimum absolute atomic E-state index is 0.109. The average Bonchev–Trinajstić information content (AvgIpc) is 3.31. The van der Waals surface area contributed by atoms with Crippen LogP contribution in [0.1, 0.15) is 60.0 Å². The highest BCUT2D eigenvalue weighted by Gasteiger charge is 2.38. The van der Waals surface area contributed by atoms with Crippen molar-refractivity contribution in [3.05, 3.63) is 34.0 Å². The molecule has 0 aromatic carbocycles. The normalized spacial score (nSPS) is 15.9. The fourth-order valence-corrected chi connectivity index (χ4v) is 3.96. The summed E-state index contributed by atoms with van der Waals surface area (Å²) in [5, 5.41) is 21.4. The lowest BCUT2D eigenvalue weighted by molar-refractivity contribution is -0.192. The SMILES string of the molecule is CC(C)(C)c1ncc(CN2CCC(n3ccc(C(=O)O)n3)CC2)s1.O=C(O)C(F)(F)F. The first kappa shape index (κ1) is 24.8. The Labute approximate surface area is 181 Å². The zero-order valence-corrected chi connectivity index (χ0v) is 18.2. The van der Waals surface area contributed by atoms with Crippen LogP contribution in [0.3, 0.4) is 0 Å². The van der Waals surface area contributed by atoms with Gasteiger partial charge in [0, 0.05) is 42.3 Å². The molecule has 1 aliphatic heterocycles. The minimum atomic E-state index is -5.08. The molecular formula is C19H25F3N4O4S. The summed E-state index contributed by atoms with van der Waals surface area (Å²) < 4.78 is 33.5. The van der Waals surface area contributed by atoms with E-state index in [1.54, 1.807) is 23.6 Å². The Kier molecular flexibility index (Phi) is 7.82. The van der Waals surface area contributed by atoms with Crippen LogP contribution in [-0.4, -0.2) is 61.1 Å². The topological polar surface area (TPSA) is 109 Å². The monoisotopic (exact) mass is 462 g/mol. The predicted molar refractivity (Wildman–Crippen MR) is 107 cm³/mol. The molecular weight excluding hydrogens is 437 g/mol. The number of piperidine rings is 1. The molecule has 8 nitrogen and oxygen atoms in total. The number of hydrogen-bond acceptors (Lipinski definition) is 6. The highest BCUT2D eigenvalue weighted by Crippen LogP contribution is 2.29. The maximum Gasteiger partial charge on any atom is 0.490 e. The van der Waals surface area contributed by atoms with Crippen molar-refractivity contribution in [1.82, 2.24) is 19.7 Å². The van der Waals surface area contributed by atoms with E-state index in [-0.39, 0.29) is 11.1 Å². The van der Waals surface area contributed by atoms with Crippen molar-refractivity contribution in [3.8, 4) is 0 Å². The zero-order valence-electron chi connectivity index (χ0n) is 17.4. The average molecular weight is 462 g/mol. The van der Waals surface area contributed by atoms with Crippen LogP contribution in [0.2, 0.25) is 0 Å². The number of carboxylic acids is 2. The first-order chi connectivity index (χ1) is 14.3. The Balaban J connectivity index is 0.000000423. The van der Waals surface area contributed by atoms with E-state index in [9.17, 15) is 18.0 Å². The van der Waals surface area contributed by atoms with Gasteiger partial charge in [-0.15, -0.1) is 11.3 Å². The van der Waals surface area contributed by atoms with Crippen LogP contribution in [0, 0.1) is 0 Å². The molecule has 1 aliphatic rings. The van der Waals surface area contributed by atoms with Crippen molar-refractivity contribution < 1.29 is 33.0 Å². The number of halogens is 3. The molecule has 2 aromatic rings. The molecule has 3 heterocycles. The number of hydrogen-bond donors (Lipinski definition) is 2. The summed E-state index contributed by atoms with van der Waals surface area (Å²) in [5.74, 6) is -3.72. The Morgan fingerprint density at radius 3 is 2.19 bits per heavy atom. The number of likely N-dealkylation sites (tertiary alicyclic amines) is 1. The van der Waals surface area contributed by atoms with Crippen LogP contribution in [-0.2, 0) is 16.8 Å². The molecule has 3 rings (SSSR count). The number of rotatable bonds is 4. The quantitative estimate of drug-likeness (QED) is 0.711. The number of aliphatic carboxylic acids is 1. The zero-order chi connectivity index (χ0) is 23.4. The van der Waals surface area contributed by atoms with Crippen LogP contribution < -0.4 is 0 Å². The second-order valence-electron chi connectivity index (χ2n) is 8.18. The molecule has 0 spiro atoms. The van der Waals surface area contributed by atoms with Gasteiger partial charge in [-0.1, -0.05) is 20.8 Å². The number of alkyl halides is 3.